The van der Waals surface area contributed by atoms with Crippen LogP contribution in [0.2, 0.25) is 5.02 Å². The van der Waals surface area contributed by atoms with Crippen molar-refractivity contribution in [3.8, 4) is 0 Å². The largest absolute Gasteiger partial charge is 0.349 e. The Morgan fingerprint density at radius 1 is 1.31 bits per heavy atom. The van der Waals surface area contributed by atoms with Gasteiger partial charge in [0.1, 0.15) is 0 Å². The second-order valence-electron chi connectivity index (χ2n) is 6.52. The van der Waals surface area contributed by atoms with E-state index in [1.54, 1.807) is 12.3 Å². The number of benzene rings is 1. The maximum absolute atomic E-state index is 12.4. The quantitative estimate of drug-likeness (QED) is 0.580. The fourth-order valence-corrected chi connectivity index (χ4v) is 3.57. The van der Waals surface area contributed by atoms with Gasteiger partial charge >= 0.3 is 0 Å². The van der Waals surface area contributed by atoms with Crippen LogP contribution in [0.3, 0.4) is 0 Å². The topological polar surface area (TPSA) is 70.7 Å². The first-order valence-corrected chi connectivity index (χ1v) is 9.86. The summed E-state index contributed by atoms with van der Waals surface area (Å²) >= 11 is 7.29. The van der Waals surface area contributed by atoms with Gasteiger partial charge in [0, 0.05) is 6.20 Å². The molecule has 0 spiro atoms. The van der Waals surface area contributed by atoms with Crippen molar-refractivity contribution in [1.82, 2.24) is 20.3 Å². The molecule has 1 atom stereocenters. The van der Waals surface area contributed by atoms with Crippen molar-refractivity contribution in [3.63, 3.8) is 0 Å². The molecule has 0 fully saturated rings. The Morgan fingerprint density at radius 2 is 2.08 bits per heavy atom. The number of hydrogen-bond donors (Lipinski definition) is 2. The van der Waals surface area contributed by atoms with Crippen LogP contribution in [0.1, 0.15) is 31.9 Å². The third kappa shape index (κ3) is 4.99. The fraction of sp³-hybridized carbons (Fsp3) is 0.316. The van der Waals surface area contributed by atoms with Gasteiger partial charge in [0.2, 0.25) is 5.91 Å². The van der Waals surface area contributed by atoms with Crippen LogP contribution in [0, 0.1) is 5.92 Å². The highest BCUT2D eigenvalue weighted by Gasteiger charge is 2.16. The number of carbonyl (C=O) groups excluding carboxylic acids is 1. The van der Waals surface area contributed by atoms with Gasteiger partial charge in [-0.1, -0.05) is 67.5 Å². The maximum Gasteiger partial charge on any atom is 0.230 e. The molecule has 3 aromatic rings. The molecule has 7 heteroatoms. The smallest absolute Gasteiger partial charge is 0.230 e. The number of nitrogens with one attached hydrogen (secondary N) is 2. The number of nitrogens with zero attached hydrogens (tertiary/aromatic N) is 2. The molecular formula is C19H21ClN4OS. The van der Waals surface area contributed by atoms with Crippen LogP contribution in [-0.2, 0) is 4.79 Å². The predicted molar refractivity (Wildman–Crippen MR) is 106 cm³/mol. The average molecular weight is 389 g/mol. The van der Waals surface area contributed by atoms with Crippen molar-refractivity contribution in [1.29, 1.82) is 0 Å². The molecule has 0 unspecified atom stereocenters. The summed E-state index contributed by atoms with van der Waals surface area (Å²) in [6.07, 6.45) is 2.45. The molecule has 0 bridgehead atoms. The number of hydrogen-bond acceptors (Lipinski definition) is 4. The molecule has 2 N–H and O–H groups in total. The van der Waals surface area contributed by atoms with Gasteiger partial charge < -0.3 is 10.3 Å². The van der Waals surface area contributed by atoms with Crippen molar-refractivity contribution in [2.75, 3.05) is 5.75 Å². The van der Waals surface area contributed by atoms with E-state index in [9.17, 15) is 4.79 Å². The average Bonchev–Trinajstić information content (AvgIpc) is 3.02. The van der Waals surface area contributed by atoms with E-state index in [4.69, 9.17) is 11.6 Å². The number of H-pyrrole nitrogens is 1. The minimum atomic E-state index is -0.0176. The van der Waals surface area contributed by atoms with Crippen LogP contribution in [0.25, 0.3) is 11.2 Å². The summed E-state index contributed by atoms with van der Waals surface area (Å²) in [5, 5.41) is 4.35. The van der Waals surface area contributed by atoms with Crippen LogP contribution >= 0.6 is 23.4 Å². The van der Waals surface area contributed by atoms with E-state index < -0.39 is 0 Å². The zero-order valence-electron chi connectivity index (χ0n) is 14.7. The highest BCUT2D eigenvalue weighted by atomic mass is 35.5. The van der Waals surface area contributed by atoms with Crippen molar-refractivity contribution >= 4 is 40.4 Å². The molecule has 0 radical (unpaired) electrons. The summed E-state index contributed by atoms with van der Waals surface area (Å²) in [4.78, 5) is 24.1. The minimum Gasteiger partial charge on any atom is -0.349 e. The van der Waals surface area contributed by atoms with Gasteiger partial charge in [0.15, 0.2) is 10.8 Å². The molecule has 1 aromatic carbocycles. The minimum absolute atomic E-state index is 0.0143. The summed E-state index contributed by atoms with van der Waals surface area (Å²) in [6.45, 7) is 4.31. The molecule has 26 heavy (non-hydrogen) atoms. The number of aromatic nitrogens is 3. The lowest BCUT2D eigenvalue weighted by Crippen LogP contribution is -2.30. The third-order valence-electron chi connectivity index (χ3n) is 3.87. The molecule has 0 saturated carbocycles. The Kier molecular flexibility index (Phi) is 6.16. The summed E-state index contributed by atoms with van der Waals surface area (Å²) < 4.78 is 0. The molecular weight excluding hydrogens is 368 g/mol. The molecule has 0 saturated heterocycles. The number of halogens is 1. The Morgan fingerprint density at radius 3 is 2.81 bits per heavy atom. The predicted octanol–water partition coefficient (Wildman–Crippen LogP) is 4.61. The molecule has 136 valence electrons. The zero-order valence-corrected chi connectivity index (χ0v) is 16.3. The van der Waals surface area contributed by atoms with Crippen LogP contribution in [0.5, 0.6) is 0 Å². The number of aromatic amines is 1. The Balaban J connectivity index is 1.62. The van der Waals surface area contributed by atoms with Crippen molar-refractivity contribution in [3.05, 3.63) is 53.2 Å². The molecule has 3 rings (SSSR count). The molecule has 0 aliphatic carbocycles. The second kappa shape index (κ2) is 8.56. The van der Waals surface area contributed by atoms with E-state index in [0.717, 1.165) is 17.5 Å². The number of pyridine rings is 1. The first-order valence-electron chi connectivity index (χ1n) is 8.49. The molecule has 0 aliphatic heterocycles. The van der Waals surface area contributed by atoms with E-state index in [-0.39, 0.29) is 17.7 Å². The van der Waals surface area contributed by atoms with Gasteiger partial charge in [0.25, 0.3) is 0 Å². The fourth-order valence-electron chi connectivity index (χ4n) is 2.73. The van der Waals surface area contributed by atoms with Crippen molar-refractivity contribution in [2.45, 2.75) is 31.5 Å². The molecule has 2 aromatic heterocycles. The molecule has 5 nitrogen and oxygen atoms in total. The first kappa shape index (κ1) is 18.7. The summed E-state index contributed by atoms with van der Waals surface area (Å²) in [5.74, 6) is 0.755. The van der Waals surface area contributed by atoms with Crippen molar-refractivity contribution < 1.29 is 4.79 Å². The van der Waals surface area contributed by atoms with E-state index in [1.165, 1.54) is 11.8 Å². The third-order valence-corrected chi connectivity index (χ3v) is 4.95. The van der Waals surface area contributed by atoms with Crippen LogP contribution < -0.4 is 5.32 Å². The monoisotopic (exact) mass is 388 g/mol. The highest BCUT2D eigenvalue weighted by molar-refractivity contribution is 7.99. The van der Waals surface area contributed by atoms with Crippen LogP contribution in [0.15, 0.2) is 47.8 Å². The summed E-state index contributed by atoms with van der Waals surface area (Å²) in [7, 11) is 0. The van der Waals surface area contributed by atoms with E-state index >= 15 is 0 Å². The SMILES string of the molecule is CC(C)C[C@H](NC(=O)CSc1nc2ncc(Cl)cc2[nH]1)c1ccccc1. The van der Waals surface area contributed by atoms with Gasteiger partial charge in [-0.3, -0.25) is 4.79 Å². The lowest BCUT2D eigenvalue weighted by molar-refractivity contribution is -0.119. The van der Waals surface area contributed by atoms with E-state index in [2.05, 4.69) is 46.2 Å². The Labute approximate surface area is 162 Å². The van der Waals surface area contributed by atoms with Crippen molar-refractivity contribution in [2.24, 2.45) is 5.92 Å². The summed E-state index contributed by atoms with van der Waals surface area (Å²) in [5.41, 5.74) is 2.49. The van der Waals surface area contributed by atoms with E-state index in [1.807, 2.05) is 18.2 Å². The highest BCUT2D eigenvalue weighted by Crippen LogP contribution is 2.23. The number of imidazole rings is 1. The number of rotatable bonds is 7. The van der Waals surface area contributed by atoms with Gasteiger partial charge in [0.05, 0.1) is 22.3 Å². The number of thioether (sulfide) groups is 1. The number of amides is 1. The number of fused-ring (bicyclic) bond motifs is 1. The maximum atomic E-state index is 12.4. The Bertz CT molecular complexity index is 882. The van der Waals surface area contributed by atoms with Gasteiger partial charge in [-0.25, -0.2) is 9.97 Å². The van der Waals surface area contributed by atoms with Gasteiger partial charge in [-0.05, 0) is 24.0 Å². The van der Waals surface area contributed by atoms with E-state index in [0.29, 0.717) is 21.7 Å². The molecule has 2 heterocycles. The zero-order chi connectivity index (χ0) is 18.5. The van der Waals surface area contributed by atoms with Crippen LogP contribution in [-0.4, -0.2) is 26.6 Å². The standard InChI is InChI=1S/C19H21ClN4OS/c1-12(2)8-15(13-6-4-3-5-7-13)22-17(25)11-26-19-23-16-9-14(20)10-21-18(16)24-19/h3-7,9-10,12,15H,8,11H2,1-2H3,(H,22,25)(H,21,23,24)/t15-/m0/s1. The lowest BCUT2D eigenvalue weighted by atomic mass is 9.97. The van der Waals surface area contributed by atoms with Crippen LogP contribution in [0.4, 0.5) is 0 Å². The van der Waals surface area contributed by atoms with Gasteiger partial charge in [-0.2, -0.15) is 0 Å². The first-order chi connectivity index (χ1) is 12.5. The second-order valence-corrected chi connectivity index (χ2v) is 7.92. The molecule has 0 aliphatic rings. The lowest BCUT2D eigenvalue weighted by Gasteiger charge is -2.21. The molecule has 1 amide bonds. The normalized spacial score (nSPS) is 12.5. The number of carbonyl (C=O) groups is 1. The Hall–Kier alpha value is -2.05. The summed E-state index contributed by atoms with van der Waals surface area (Å²) in [6, 6.07) is 11.9. The van der Waals surface area contributed by atoms with Gasteiger partial charge in [-0.15, -0.1) is 0 Å².